The summed E-state index contributed by atoms with van der Waals surface area (Å²) in [5.74, 6) is 0.594. The Morgan fingerprint density at radius 1 is 1.29 bits per heavy atom. The maximum absolute atomic E-state index is 12.7. The second kappa shape index (κ2) is 9.37. The van der Waals surface area contributed by atoms with Crippen LogP contribution in [0.25, 0.3) is 6.08 Å². The number of carbonyl (C=O) groups excluding carboxylic acids is 2. The van der Waals surface area contributed by atoms with Gasteiger partial charge in [-0.3, -0.25) is 19.9 Å². The Labute approximate surface area is 172 Å². The summed E-state index contributed by atoms with van der Waals surface area (Å²) in [6.45, 7) is 2.24. The van der Waals surface area contributed by atoms with Crippen molar-refractivity contribution < 1.29 is 23.8 Å². The number of hydrogen-bond donors (Lipinski definition) is 1. The number of nitrogens with one attached hydrogen (secondary N) is 1. The highest BCUT2D eigenvalue weighted by molar-refractivity contribution is 8.26. The van der Waals surface area contributed by atoms with Gasteiger partial charge in [0.05, 0.1) is 32.3 Å². The number of thiocarbonyl (C=S) groups is 1. The lowest BCUT2D eigenvalue weighted by Gasteiger charge is -2.27. The van der Waals surface area contributed by atoms with Crippen molar-refractivity contribution in [3.8, 4) is 11.5 Å². The Morgan fingerprint density at radius 3 is 2.68 bits per heavy atom. The SMILES string of the molecule is COc1ccc(/C=C2\SC(=S)N(CC(=O)NN3CCOCC3)C2=O)cc1OC. The number of morpholine rings is 1. The highest BCUT2D eigenvalue weighted by atomic mass is 32.2. The first-order valence-electron chi connectivity index (χ1n) is 8.61. The Kier molecular flexibility index (Phi) is 6.89. The van der Waals surface area contributed by atoms with E-state index < -0.39 is 0 Å². The molecule has 8 nitrogen and oxygen atoms in total. The number of hydrazine groups is 1. The van der Waals surface area contributed by atoms with E-state index in [-0.39, 0.29) is 18.4 Å². The van der Waals surface area contributed by atoms with Crippen molar-refractivity contribution in [1.82, 2.24) is 15.3 Å². The zero-order chi connectivity index (χ0) is 20.1. The molecule has 0 aliphatic carbocycles. The lowest BCUT2D eigenvalue weighted by molar-refractivity contribution is -0.132. The molecule has 0 unspecified atom stereocenters. The minimum atomic E-state index is -0.290. The third-order valence-corrected chi connectivity index (χ3v) is 5.55. The van der Waals surface area contributed by atoms with Gasteiger partial charge in [-0.2, -0.15) is 0 Å². The van der Waals surface area contributed by atoms with Gasteiger partial charge in [-0.05, 0) is 23.8 Å². The summed E-state index contributed by atoms with van der Waals surface area (Å²) in [6, 6.07) is 5.36. The van der Waals surface area contributed by atoms with Gasteiger partial charge in [0.1, 0.15) is 10.9 Å². The van der Waals surface area contributed by atoms with Gasteiger partial charge in [-0.1, -0.05) is 30.0 Å². The number of amides is 2. The number of methoxy groups -OCH3 is 2. The molecule has 1 N–H and O–H groups in total. The summed E-state index contributed by atoms with van der Waals surface area (Å²) in [7, 11) is 3.11. The minimum Gasteiger partial charge on any atom is -0.493 e. The van der Waals surface area contributed by atoms with Crippen molar-refractivity contribution in [2.45, 2.75) is 0 Å². The smallest absolute Gasteiger partial charge is 0.266 e. The summed E-state index contributed by atoms with van der Waals surface area (Å²) in [5.41, 5.74) is 3.55. The molecule has 1 aromatic rings. The van der Waals surface area contributed by atoms with E-state index >= 15 is 0 Å². The topological polar surface area (TPSA) is 80.3 Å². The summed E-state index contributed by atoms with van der Waals surface area (Å²) >= 11 is 6.46. The van der Waals surface area contributed by atoms with Gasteiger partial charge in [0.25, 0.3) is 11.8 Å². The average molecular weight is 424 g/mol. The lowest BCUT2D eigenvalue weighted by Crippen LogP contribution is -2.51. The van der Waals surface area contributed by atoms with E-state index in [0.717, 1.165) is 5.56 Å². The summed E-state index contributed by atoms with van der Waals surface area (Å²) in [4.78, 5) is 26.7. The van der Waals surface area contributed by atoms with E-state index in [2.05, 4.69) is 5.43 Å². The van der Waals surface area contributed by atoms with Crippen molar-refractivity contribution in [3.05, 3.63) is 28.7 Å². The molecule has 2 saturated heterocycles. The number of carbonyl (C=O) groups is 2. The molecule has 3 rings (SSSR count). The molecule has 150 valence electrons. The molecule has 0 saturated carbocycles. The number of nitrogens with zero attached hydrogens (tertiary/aromatic N) is 2. The van der Waals surface area contributed by atoms with Crippen LogP contribution in [0.15, 0.2) is 23.1 Å². The first-order valence-corrected chi connectivity index (χ1v) is 9.84. The van der Waals surface area contributed by atoms with Crippen LogP contribution in [-0.4, -0.2) is 73.1 Å². The van der Waals surface area contributed by atoms with Crippen LogP contribution in [0.1, 0.15) is 5.56 Å². The van der Waals surface area contributed by atoms with Crippen LogP contribution < -0.4 is 14.9 Å². The van der Waals surface area contributed by atoms with E-state index in [9.17, 15) is 9.59 Å². The van der Waals surface area contributed by atoms with E-state index in [4.69, 9.17) is 26.4 Å². The van der Waals surface area contributed by atoms with Crippen molar-refractivity contribution in [2.75, 3.05) is 47.1 Å². The molecule has 1 aromatic carbocycles. The molecule has 0 radical (unpaired) electrons. The van der Waals surface area contributed by atoms with Gasteiger partial charge >= 0.3 is 0 Å². The molecular weight excluding hydrogens is 402 g/mol. The molecule has 2 aliphatic rings. The van der Waals surface area contributed by atoms with Crippen molar-refractivity contribution in [2.24, 2.45) is 0 Å². The van der Waals surface area contributed by atoms with Crippen LogP contribution in [0, 0.1) is 0 Å². The molecule has 10 heteroatoms. The number of rotatable bonds is 6. The molecule has 0 aromatic heterocycles. The highest BCUT2D eigenvalue weighted by Gasteiger charge is 2.33. The molecule has 28 heavy (non-hydrogen) atoms. The van der Waals surface area contributed by atoms with E-state index in [1.54, 1.807) is 37.4 Å². The van der Waals surface area contributed by atoms with Crippen LogP contribution in [0.3, 0.4) is 0 Å². The molecule has 0 atom stereocenters. The Hall–Kier alpha value is -2.14. The molecule has 0 spiro atoms. The number of ether oxygens (including phenoxy) is 3. The van der Waals surface area contributed by atoms with Crippen LogP contribution in [0.4, 0.5) is 0 Å². The van der Waals surface area contributed by atoms with Crippen LogP contribution in [0.2, 0.25) is 0 Å². The predicted molar refractivity (Wildman–Crippen MR) is 110 cm³/mol. The van der Waals surface area contributed by atoms with Crippen LogP contribution in [-0.2, 0) is 14.3 Å². The van der Waals surface area contributed by atoms with Gasteiger partial charge in [-0.25, -0.2) is 5.01 Å². The zero-order valence-corrected chi connectivity index (χ0v) is 17.2. The third-order valence-electron chi connectivity index (χ3n) is 4.17. The van der Waals surface area contributed by atoms with Gasteiger partial charge in [-0.15, -0.1) is 0 Å². The molecular formula is C18H21N3O5S2. The molecule has 2 fully saturated rings. The molecule has 2 amide bonds. The monoisotopic (exact) mass is 423 g/mol. The first-order chi connectivity index (χ1) is 13.5. The van der Waals surface area contributed by atoms with Gasteiger partial charge in [0.15, 0.2) is 11.5 Å². The van der Waals surface area contributed by atoms with Gasteiger partial charge in [0.2, 0.25) is 0 Å². The standard InChI is InChI=1S/C18H21N3O5S2/c1-24-13-4-3-12(9-14(13)25-2)10-15-17(23)21(18(27)28-15)11-16(22)19-20-5-7-26-8-6-20/h3-4,9-10H,5-8,11H2,1-2H3,(H,19,22)/b15-10-. The first kappa shape index (κ1) is 20.6. The fourth-order valence-electron chi connectivity index (χ4n) is 2.76. The van der Waals surface area contributed by atoms with E-state index in [0.29, 0.717) is 47.0 Å². The normalized spacial score (nSPS) is 19.2. The number of hydrogen-bond acceptors (Lipinski definition) is 8. The molecule has 0 bridgehead atoms. The van der Waals surface area contributed by atoms with Crippen molar-refractivity contribution in [3.63, 3.8) is 0 Å². The third kappa shape index (κ3) is 4.82. The Bertz CT molecular complexity index is 808. The summed E-state index contributed by atoms with van der Waals surface area (Å²) in [5, 5.41) is 1.78. The largest absolute Gasteiger partial charge is 0.493 e. The van der Waals surface area contributed by atoms with Crippen molar-refractivity contribution >= 4 is 46.2 Å². The number of thioether (sulfide) groups is 1. The summed E-state index contributed by atoms with van der Waals surface area (Å²) < 4.78 is 16.1. The maximum Gasteiger partial charge on any atom is 0.266 e. The van der Waals surface area contributed by atoms with Crippen molar-refractivity contribution in [1.29, 1.82) is 0 Å². The molecule has 2 heterocycles. The number of benzene rings is 1. The van der Waals surface area contributed by atoms with Gasteiger partial charge < -0.3 is 14.2 Å². The lowest BCUT2D eigenvalue weighted by atomic mass is 10.2. The fraction of sp³-hybridized carbons (Fsp3) is 0.389. The quantitative estimate of drug-likeness (QED) is 0.541. The fourth-order valence-corrected chi connectivity index (χ4v) is 4.02. The second-order valence-electron chi connectivity index (χ2n) is 6.02. The van der Waals surface area contributed by atoms with Gasteiger partial charge in [0, 0.05) is 13.1 Å². The Morgan fingerprint density at radius 2 is 2.00 bits per heavy atom. The molecule has 2 aliphatic heterocycles. The van der Waals surface area contributed by atoms with Crippen LogP contribution in [0.5, 0.6) is 11.5 Å². The van der Waals surface area contributed by atoms with E-state index in [1.807, 2.05) is 6.07 Å². The highest BCUT2D eigenvalue weighted by Crippen LogP contribution is 2.34. The van der Waals surface area contributed by atoms with E-state index in [1.165, 1.54) is 16.7 Å². The second-order valence-corrected chi connectivity index (χ2v) is 7.69. The summed E-state index contributed by atoms with van der Waals surface area (Å²) in [6.07, 6.45) is 1.72. The zero-order valence-electron chi connectivity index (χ0n) is 15.6. The maximum atomic E-state index is 12.7. The average Bonchev–Trinajstić information content (AvgIpc) is 2.96. The minimum absolute atomic E-state index is 0.120. The predicted octanol–water partition coefficient (Wildman–Crippen LogP) is 1.27. The Balaban J connectivity index is 1.67. The van der Waals surface area contributed by atoms with Crippen LogP contribution >= 0.6 is 24.0 Å².